The zero-order valence-electron chi connectivity index (χ0n) is 44.5. The maximum atomic E-state index is 16.9. The molecule has 4 atom stereocenters. The van der Waals surface area contributed by atoms with Gasteiger partial charge in [-0.1, -0.05) is 12.2 Å². The molecule has 0 fully saturated rings. The molecular weight excluding hydrogens is 1210 g/mol. The van der Waals surface area contributed by atoms with Crippen molar-refractivity contribution in [3.8, 4) is 0 Å². The van der Waals surface area contributed by atoms with Gasteiger partial charge in [-0.2, -0.15) is 0 Å². The van der Waals surface area contributed by atoms with Crippen LogP contribution in [0.15, 0.2) is 81.1 Å². The van der Waals surface area contributed by atoms with Crippen LogP contribution in [0.2, 0.25) is 0 Å². The molecule has 1 aliphatic carbocycles. The summed E-state index contributed by atoms with van der Waals surface area (Å²) in [5, 5.41) is 82.3. The van der Waals surface area contributed by atoms with Crippen molar-refractivity contribution in [1.82, 2.24) is 4.98 Å². The van der Waals surface area contributed by atoms with Crippen molar-refractivity contribution in [3.05, 3.63) is 203 Å². The Labute approximate surface area is 484 Å². The van der Waals surface area contributed by atoms with Gasteiger partial charge in [-0.05, 0) is 66.8 Å². The van der Waals surface area contributed by atoms with Gasteiger partial charge in [-0.15, -0.1) is 0 Å². The van der Waals surface area contributed by atoms with Gasteiger partial charge in [-0.25, -0.2) is 80.2 Å². The summed E-state index contributed by atoms with van der Waals surface area (Å²) in [5.74, 6) is -35.8. The van der Waals surface area contributed by atoms with Crippen molar-refractivity contribution >= 4 is 50.8 Å². The number of benzene rings is 4. The van der Waals surface area contributed by atoms with Crippen LogP contribution >= 0.6 is 0 Å². The van der Waals surface area contributed by atoms with Crippen molar-refractivity contribution < 1.29 is 111 Å². The molecular formula is C58H44F16N6O8. The van der Waals surface area contributed by atoms with Gasteiger partial charge in [0, 0.05) is 58.9 Å². The predicted molar refractivity (Wildman–Crippen MR) is 285 cm³/mol. The molecule has 466 valence electrons. The first-order chi connectivity index (χ1) is 41.8. The van der Waals surface area contributed by atoms with Gasteiger partial charge in [-0.3, -0.25) is 0 Å². The second kappa shape index (κ2) is 25.8. The Hall–Kier alpha value is -8.36. The van der Waals surface area contributed by atoms with Gasteiger partial charge in [0.25, 0.3) is 0 Å². The number of aromatic amines is 1. The van der Waals surface area contributed by atoms with Crippen LogP contribution in [0.25, 0.3) is 22.3 Å². The first-order valence-corrected chi connectivity index (χ1v) is 26.0. The number of nitrogens with zero attached hydrogens (tertiary/aromatic N) is 2. The highest BCUT2D eigenvalue weighted by Crippen LogP contribution is 2.47. The Balaban J connectivity index is 1.43. The zero-order chi connectivity index (χ0) is 64.1. The van der Waals surface area contributed by atoms with Crippen molar-refractivity contribution in [1.29, 1.82) is 0 Å². The first-order valence-electron chi connectivity index (χ1n) is 26.0. The molecule has 5 aromatic rings. The second-order valence-corrected chi connectivity index (χ2v) is 19.9. The third-order valence-electron chi connectivity index (χ3n) is 14.3. The summed E-state index contributed by atoms with van der Waals surface area (Å²) in [6.07, 6.45) is -5.04. The highest BCUT2D eigenvalue weighted by molar-refractivity contribution is 6.34. The molecule has 30 heteroatoms. The summed E-state index contributed by atoms with van der Waals surface area (Å²) >= 11 is 0. The molecule has 4 aromatic carbocycles. The van der Waals surface area contributed by atoms with Crippen LogP contribution in [0.5, 0.6) is 0 Å². The summed E-state index contributed by atoms with van der Waals surface area (Å²) in [4.78, 5) is 10.9. The molecule has 12 N–H and O–H groups in total. The van der Waals surface area contributed by atoms with Crippen LogP contribution in [-0.4, -0.2) is 128 Å². The van der Waals surface area contributed by atoms with Crippen LogP contribution in [0.1, 0.15) is 52.0 Å². The average Bonchev–Trinajstić information content (AvgIpc) is 3.77. The van der Waals surface area contributed by atoms with Crippen LogP contribution in [0, 0.1) is 93.1 Å². The SMILES string of the molecule is OC[C@@H](O)CCc1c(F)c(F)c(C2=C3C=CC(=N3)C(c3c(F)c(F)c(NC[C@H](O)CO)c(F)c3F)=C3C=CC(=C(c4c(F)c(F)c(NC[C@H](O)CO)c(F)c4F)C4=NC(=C(c5c(F)c(F)c(NC[C@H](O)CO)c(F)c5F)c5ccc2[nH]5)C=C4)C3)c(F)c1F. The van der Waals surface area contributed by atoms with Gasteiger partial charge < -0.3 is 61.8 Å². The lowest BCUT2D eigenvalue weighted by Gasteiger charge is -2.19. The number of nitrogens with one attached hydrogen (secondary N) is 4. The number of rotatable bonds is 20. The van der Waals surface area contributed by atoms with Crippen LogP contribution in [-0.2, 0) is 6.42 Å². The van der Waals surface area contributed by atoms with Crippen molar-refractivity contribution in [2.45, 2.75) is 43.7 Å². The van der Waals surface area contributed by atoms with Gasteiger partial charge in [0.05, 0.1) is 95.9 Å². The predicted octanol–water partition coefficient (Wildman–Crippen LogP) is 8.24. The van der Waals surface area contributed by atoms with E-state index in [1.807, 2.05) is 16.0 Å². The van der Waals surface area contributed by atoms with Crippen LogP contribution in [0.3, 0.4) is 0 Å². The maximum absolute atomic E-state index is 16.9. The second-order valence-electron chi connectivity index (χ2n) is 19.9. The van der Waals surface area contributed by atoms with E-state index < -0.39 is 295 Å². The Morgan fingerprint density at radius 2 is 0.670 bits per heavy atom. The monoisotopic (exact) mass is 1260 g/mol. The first kappa shape index (κ1) is 64.1. The molecule has 4 aliphatic rings. The zero-order valence-corrected chi connectivity index (χ0v) is 44.5. The van der Waals surface area contributed by atoms with Crippen LogP contribution in [0.4, 0.5) is 87.3 Å². The van der Waals surface area contributed by atoms with E-state index in [0.29, 0.717) is 0 Å². The number of aliphatic imine (C=N–C) groups is 2. The van der Waals surface area contributed by atoms with E-state index in [0.717, 1.165) is 48.6 Å². The lowest BCUT2D eigenvalue weighted by Crippen LogP contribution is -2.24. The summed E-state index contributed by atoms with van der Waals surface area (Å²) in [6, 6.07) is 1.50. The fraction of sp³-hybridized carbons (Fsp3) is 0.241. The van der Waals surface area contributed by atoms with Gasteiger partial charge in [0.15, 0.2) is 93.1 Å². The van der Waals surface area contributed by atoms with E-state index >= 15 is 70.2 Å². The minimum Gasteiger partial charge on any atom is -0.394 e. The molecule has 0 saturated carbocycles. The molecule has 4 heterocycles. The lowest BCUT2D eigenvalue weighted by atomic mass is 9.90. The van der Waals surface area contributed by atoms with Gasteiger partial charge in [0.1, 0.15) is 17.1 Å². The smallest absolute Gasteiger partial charge is 0.185 e. The minimum absolute atomic E-state index is 0.614. The summed E-state index contributed by atoms with van der Waals surface area (Å²) in [5.41, 5.74) is -23.7. The molecule has 9 rings (SSSR count). The molecule has 0 saturated heterocycles. The number of H-pyrrole nitrogens is 1. The standard InChI is InChI=1S/C58H44F16N6O8/c59-40-25(4-3-21(85)15-81)41(60)43(62)38(42(40)61)34-28-7-5-26(78-28)32(36-44(63)50(69)56(51(70)45(36)64)75-12-22(86)16-82)19-1-2-20(11-19)33(37-46(65)52(71)57(53(72)47(37)66)76-13-23(87)17-83)27-6-8-29(79-27)35(31-10-9-30(34)80-31)39-48(67)54(73)58(55(74)49(39)68)77-14-24(88)18-84/h1-2,5-10,21-24,75-77,80-88H,3-4,11-18H2/t21-,22-,23-,24-/m0/s1. The van der Waals surface area contributed by atoms with Crippen molar-refractivity contribution in [2.75, 3.05) is 62.0 Å². The Morgan fingerprint density at radius 1 is 0.375 bits per heavy atom. The van der Waals surface area contributed by atoms with Crippen LogP contribution < -0.4 is 16.0 Å². The number of aromatic nitrogens is 1. The number of aliphatic hydroxyl groups is 8. The van der Waals surface area contributed by atoms with Gasteiger partial charge in [0.2, 0.25) is 0 Å². The van der Waals surface area contributed by atoms with E-state index in [-0.39, 0.29) is 0 Å². The summed E-state index contributed by atoms with van der Waals surface area (Å²) in [6.45, 7) is -6.81. The molecule has 8 bridgehead atoms. The fourth-order valence-corrected chi connectivity index (χ4v) is 9.93. The molecule has 0 spiro atoms. The number of aliphatic hydroxyl groups excluding tert-OH is 8. The van der Waals surface area contributed by atoms with E-state index in [1.165, 1.54) is 0 Å². The minimum atomic E-state index is -2.30. The average molecular weight is 1260 g/mol. The third-order valence-corrected chi connectivity index (χ3v) is 14.3. The fourth-order valence-electron chi connectivity index (χ4n) is 9.93. The van der Waals surface area contributed by atoms with Crippen molar-refractivity contribution in [3.63, 3.8) is 0 Å². The topological polar surface area (TPSA) is 238 Å². The van der Waals surface area contributed by atoms with E-state index in [9.17, 15) is 40.9 Å². The molecule has 1 aromatic heterocycles. The largest absolute Gasteiger partial charge is 0.394 e. The van der Waals surface area contributed by atoms with E-state index in [4.69, 9.17) is 0 Å². The number of hydrogen-bond acceptors (Lipinski definition) is 13. The van der Waals surface area contributed by atoms with Crippen molar-refractivity contribution in [2.24, 2.45) is 9.98 Å². The molecule has 0 radical (unpaired) electrons. The third kappa shape index (κ3) is 11.4. The number of halogens is 16. The summed E-state index contributed by atoms with van der Waals surface area (Å²) in [7, 11) is 0. The van der Waals surface area contributed by atoms with E-state index in [2.05, 4.69) is 15.0 Å². The lowest BCUT2D eigenvalue weighted by molar-refractivity contribution is 0.0881. The number of allylic oxidation sites excluding steroid dienone is 10. The molecule has 88 heavy (non-hydrogen) atoms. The normalized spacial score (nSPS) is 16.2. The van der Waals surface area contributed by atoms with Gasteiger partial charge >= 0.3 is 0 Å². The Kier molecular flexibility index (Phi) is 18.8. The highest BCUT2D eigenvalue weighted by atomic mass is 19.2. The Morgan fingerprint density at radius 3 is 0.977 bits per heavy atom. The Bertz CT molecular complexity index is 3660. The maximum Gasteiger partial charge on any atom is 0.185 e. The number of fused-ring (bicyclic) bond motifs is 6. The quantitative estimate of drug-likeness (QED) is 0.0262. The molecule has 0 amide bonds. The summed E-state index contributed by atoms with van der Waals surface area (Å²) < 4.78 is 265. The number of hydrogen-bond donors (Lipinski definition) is 12. The van der Waals surface area contributed by atoms with E-state index in [1.54, 1.807) is 0 Å². The number of anilines is 3. The molecule has 3 aliphatic heterocycles. The highest BCUT2D eigenvalue weighted by Gasteiger charge is 2.39. The molecule has 0 unspecified atom stereocenters. The molecule has 14 nitrogen and oxygen atoms in total.